The van der Waals surface area contributed by atoms with Crippen LogP contribution < -0.4 is 9.84 Å². The highest BCUT2D eigenvalue weighted by Crippen LogP contribution is 2.33. The minimum atomic E-state index is -1.19. The lowest BCUT2D eigenvalue weighted by Crippen LogP contribution is -2.29. The molecule has 0 aliphatic carbocycles. The number of carbonyl (C=O) groups is 1. The van der Waals surface area contributed by atoms with Gasteiger partial charge < -0.3 is 14.6 Å². The van der Waals surface area contributed by atoms with Crippen molar-refractivity contribution in [2.24, 2.45) is 0 Å². The van der Waals surface area contributed by atoms with Gasteiger partial charge in [0, 0.05) is 16.7 Å². The number of rotatable bonds is 4. The lowest BCUT2D eigenvalue weighted by Gasteiger charge is -2.22. The number of aromatic carboxylic acids is 1. The van der Waals surface area contributed by atoms with E-state index in [2.05, 4.69) is 6.92 Å². The first-order valence-corrected chi connectivity index (χ1v) is 6.27. The molecule has 0 bridgehead atoms. The second-order valence-electron chi connectivity index (χ2n) is 4.89. The normalized spacial score (nSPS) is 13.5. The molecule has 0 aromatic heterocycles. The van der Waals surface area contributed by atoms with Crippen LogP contribution in [0.4, 0.5) is 0 Å². The molecule has 20 heavy (non-hydrogen) atoms. The van der Waals surface area contributed by atoms with E-state index in [9.17, 15) is 9.90 Å². The van der Waals surface area contributed by atoms with Gasteiger partial charge in [0.1, 0.15) is 5.75 Å². The Morgan fingerprint density at radius 1 is 1.15 bits per heavy atom. The van der Waals surface area contributed by atoms with Gasteiger partial charge in [0.15, 0.2) is 5.41 Å². The number of methoxy groups -OCH3 is 1. The van der Waals surface area contributed by atoms with Crippen molar-refractivity contribution in [2.75, 3.05) is 7.11 Å². The lowest BCUT2D eigenvalue weighted by atomic mass is 9.76. The first-order chi connectivity index (χ1) is 9.46. The Labute approximate surface area is 118 Å². The smallest absolute Gasteiger partial charge is 0.153 e. The monoisotopic (exact) mass is 268 g/mol. The second kappa shape index (κ2) is 5.29. The molecule has 0 aliphatic rings. The van der Waals surface area contributed by atoms with Crippen LogP contribution in [0.25, 0.3) is 0 Å². The number of carboxylic acids is 1. The maximum Gasteiger partial charge on any atom is 0.153 e. The summed E-state index contributed by atoms with van der Waals surface area (Å²) in [6.07, 6.45) is 0. The van der Waals surface area contributed by atoms with E-state index in [1.807, 2.05) is 31.2 Å². The molecular weight excluding hydrogens is 252 g/mol. The van der Waals surface area contributed by atoms with Crippen molar-refractivity contribution in [1.29, 1.82) is 0 Å². The topological polar surface area (TPSA) is 49.4 Å². The van der Waals surface area contributed by atoms with E-state index in [0.29, 0.717) is 5.56 Å². The molecule has 0 radical (unpaired) electrons. The predicted molar refractivity (Wildman–Crippen MR) is 75.6 cm³/mol. The summed E-state index contributed by atoms with van der Waals surface area (Å²) in [4.78, 5) is 11.2. The van der Waals surface area contributed by atoms with Crippen LogP contribution in [0, 0.1) is 6.92 Å². The second-order valence-corrected chi connectivity index (χ2v) is 4.89. The molecule has 0 N–H and O–H groups in total. The third-order valence-corrected chi connectivity index (χ3v) is 3.47. The van der Waals surface area contributed by atoms with Gasteiger partial charge in [-0.05, 0) is 19.1 Å². The van der Waals surface area contributed by atoms with Gasteiger partial charge >= 0.3 is 0 Å². The molecule has 1 unspecified atom stereocenters. The van der Waals surface area contributed by atoms with Gasteiger partial charge in [0.2, 0.25) is 0 Å². The van der Waals surface area contributed by atoms with Crippen LogP contribution in [0.5, 0.6) is 5.75 Å². The first kappa shape index (κ1) is 14.0. The van der Waals surface area contributed by atoms with E-state index in [-0.39, 0.29) is 5.56 Å². The molecule has 102 valence electrons. The van der Waals surface area contributed by atoms with Crippen molar-refractivity contribution in [3.63, 3.8) is 0 Å². The van der Waals surface area contributed by atoms with Crippen LogP contribution in [0.3, 0.4) is 0 Å². The van der Waals surface area contributed by atoms with Crippen LogP contribution in [0.1, 0.15) is 28.4 Å². The fraction of sp³-hybridized carbons (Fsp3) is 0.176. The van der Waals surface area contributed by atoms with E-state index in [4.69, 9.17) is 4.74 Å². The van der Waals surface area contributed by atoms with Gasteiger partial charge in [-0.15, -0.1) is 0 Å². The number of hydrogen-bond acceptors (Lipinski definition) is 3. The number of hydrogen-bond donors (Lipinski definition) is 0. The van der Waals surface area contributed by atoms with E-state index < -0.39 is 11.4 Å². The minimum absolute atomic E-state index is 0.167. The molecule has 0 aliphatic heterocycles. The Hall–Kier alpha value is -2.42. The molecule has 3 heteroatoms. The van der Waals surface area contributed by atoms with Gasteiger partial charge in [-0.3, -0.25) is 0 Å². The maximum atomic E-state index is 11.2. The molecule has 0 fully saturated rings. The van der Waals surface area contributed by atoms with Crippen LogP contribution >= 0.6 is 0 Å². The van der Waals surface area contributed by atoms with E-state index in [0.717, 1.165) is 11.3 Å². The van der Waals surface area contributed by atoms with E-state index in [1.165, 1.54) is 6.07 Å². The summed E-state index contributed by atoms with van der Waals surface area (Å²) in [7, 11) is 1.60. The van der Waals surface area contributed by atoms with Crippen LogP contribution in [-0.4, -0.2) is 13.1 Å². The van der Waals surface area contributed by atoms with Crippen molar-refractivity contribution in [3.05, 3.63) is 72.1 Å². The molecule has 0 spiro atoms. The molecule has 0 saturated carbocycles. The molecule has 0 heterocycles. The molecule has 2 aromatic rings. The molecule has 3 nitrogen and oxygen atoms in total. The van der Waals surface area contributed by atoms with Crippen molar-refractivity contribution < 1.29 is 14.6 Å². The summed E-state index contributed by atoms with van der Waals surface area (Å²) in [5.74, 6) is -0.443. The van der Waals surface area contributed by atoms with E-state index >= 15 is 0 Å². The SMILES string of the molecule is [CH2+]C(C)(c1ccc(OC)cc1)c1ccccc1C(=O)[O-]. The average Bonchev–Trinajstić information content (AvgIpc) is 2.47. The zero-order chi connectivity index (χ0) is 14.8. The van der Waals surface area contributed by atoms with Crippen molar-refractivity contribution in [2.45, 2.75) is 12.3 Å². The van der Waals surface area contributed by atoms with Crippen molar-refractivity contribution >= 4 is 5.97 Å². The summed E-state index contributed by atoms with van der Waals surface area (Å²) in [5.41, 5.74) is 1.03. The fourth-order valence-electron chi connectivity index (χ4n) is 2.26. The van der Waals surface area contributed by atoms with Crippen LogP contribution in [0.2, 0.25) is 0 Å². The third kappa shape index (κ3) is 2.48. The van der Waals surface area contributed by atoms with Crippen molar-refractivity contribution in [1.82, 2.24) is 0 Å². The standard InChI is InChI=1S/C17H16O3/c1-17(2,12-8-10-13(20-3)11-9-12)15-7-5-4-6-14(15)16(18)19/h4-11H,1H2,2-3H3. The number of carboxylic acid groups (broad SMARTS) is 1. The van der Waals surface area contributed by atoms with Gasteiger partial charge in [0.25, 0.3) is 0 Å². The Kier molecular flexibility index (Phi) is 3.70. The highest BCUT2D eigenvalue weighted by Gasteiger charge is 2.33. The third-order valence-electron chi connectivity index (χ3n) is 3.47. The molecule has 0 amide bonds. The molecule has 2 rings (SSSR count). The zero-order valence-electron chi connectivity index (χ0n) is 11.6. The van der Waals surface area contributed by atoms with E-state index in [1.54, 1.807) is 25.3 Å². The number of benzene rings is 2. The number of ether oxygens (including phenoxy) is 1. The predicted octanol–water partition coefficient (Wildman–Crippen LogP) is 2.20. The Balaban J connectivity index is 2.51. The summed E-state index contributed by atoms with van der Waals surface area (Å²) in [5, 5.41) is 11.2. The molecular formula is C17H16O3. The highest BCUT2D eigenvalue weighted by molar-refractivity contribution is 5.88. The van der Waals surface area contributed by atoms with Gasteiger partial charge in [0.05, 0.1) is 20.0 Å². The molecule has 0 saturated heterocycles. The molecule has 1 atom stereocenters. The van der Waals surface area contributed by atoms with Gasteiger partial charge in [-0.25, -0.2) is 0 Å². The van der Waals surface area contributed by atoms with Crippen LogP contribution in [0.15, 0.2) is 48.5 Å². The van der Waals surface area contributed by atoms with Crippen molar-refractivity contribution in [3.8, 4) is 5.75 Å². The Bertz CT molecular complexity index is 612. The largest absolute Gasteiger partial charge is 0.545 e. The van der Waals surface area contributed by atoms with Crippen LogP contribution in [-0.2, 0) is 5.41 Å². The quantitative estimate of drug-likeness (QED) is 0.799. The maximum absolute atomic E-state index is 11.2. The van der Waals surface area contributed by atoms with Gasteiger partial charge in [-0.1, -0.05) is 36.4 Å². The lowest BCUT2D eigenvalue weighted by molar-refractivity contribution is -0.255. The molecule has 2 aromatic carbocycles. The summed E-state index contributed by atoms with van der Waals surface area (Å²) >= 11 is 0. The Morgan fingerprint density at radius 3 is 2.30 bits per heavy atom. The zero-order valence-corrected chi connectivity index (χ0v) is 11.6. The fourth-order valence-corrected chi connectivity index (χ4v) is 2.26. The summed E-state index contributed by atoms with van der Waals surface area (Å²) in [6, 6.07) is 14.2. The summed E-state index contributed by atoms with van der Waals surface area (Å²) < 4.78 is 5.12. The average molecular weight is 268 g/mol. The number of carbonyl (C=O) groups excluding carboxylic acids is 1. The Morgan fingerprint density at radius 2 is 1.75 bits per heavy atom. The summed E-state index contributed by atoms with van der Waals surface area (Å²) in [6.45, 7) is 6.06. The highest BCUT2D eigenvalue weighted by atomic mass is 16.5. The first-order valence-electron chi connectivity index (χ1n) is 6.27. The van der Waals surface area contributed by atoms with Gasteiger partial charge in [-0.2, -0.15) is 0 Å². The minimum Gasteiger partial charge on any atom is -0.545 e.